The molecule has 0 bridgehead atoms. The number of ether oxygens (including phenoxy) is 1. The summed E-state index contributed by atoms with van der Waals surface area (Å²) in [5.74, 6) is -0.0598. The lowest BCUT2D eigenvalue weighted by atomic mass is 10.1. The van der Waals surface area contributed by atoms with E-state index in [4.69, 9.17) is 4.74 Å². The van der Waals surface area contributed by atoms with E-state index in [9.17, 15) is 4.79 Å². The molecule has 5 nitrogen and oxygen atoms in total. The van der Waals surface area contributed by atoms with E-state index in [0.29, 0.717) is 12.2 Å². The molecule has 2 heterocycles. The number of hydrogen-bond donors (Lipinski definition) is 2. The number of fused-ring (bicyclic) bond motifs is 1. The van der Waals surface area contributed by atoms with Gasteiger partial charge in [0.15, 0.2) is 0 Å². The topological polar surface area (TPSA) is 57.4 Å². The molecule has 1 atom stereocenters. The first-order valence-corrected chi connectivity index (χ1v) is 8.84. The third kappa shape index (κ3) is 3.06. The minimum Gasteiger partial charge on any atom is -0.374 e. The molecular formula is C19H25N3O2. The standard InChI is InChI=1S/C19H25N3O2/c1-12-3-6-17-16(13(12)2)9-18(21-17)19(23)20-10-15-11-22(7-8-24-15)14-4-5-14/h3,6,9,14-15,21H,4-5,7-8,10-11H2,1-2H3,(H,20,23)/t15-/m0/s1. The van der Waals surface area contributed by atoms with Gasteiger partial charge in [0, 0.05) is 36.6 Å². The number of morpholine rings is 1. The minimum atomic E-state index is -0.0598. The average Bonchev–Trinajstić information content (AvgIpc) is 3.35. The Balaban J connectivity index is 1.40. The number of aromatic nitrogens is 1. The molecule has 1 saturated heterocycles. The van der Waals surface area contributed by atoms with Gasteiger partial charge in [-0.3, -0.25) is 9.69 Å². The Morgan fingerprint density at radius 1 is 1.38 bits per heavy atom. The van der Waals surface area contributed by atoms with Crippen molar-refractivity contribution in [2.75, 3.05) is 26.2 Å². The second kappa shape index (κ2) is 6.22. The zero-order valence-corrected chi connectivity index (χ0v) is 14.4. The first-order chi connectivity index (χ1) is 11.6. The molecule has 0 spiro atoms. The Labute approximate surface area is 142 Å². The third-order valence-corrected chi connectivity index (χ3v) is 5.31. The van der Waals surface area contributed by atoms with Gasteiger partial charge in [0.1, 0.15) is 5.69 Å². The lowest BCUT2D eigenvalue weighted by molar-refractivity contribution is -0.0293. The first kappa shape index (κ1) is 15.7. The van der Waals surface area contributed by atoms with Crippen molar-refractivity contribution in [3.63, 3.8) is 0 Å². The molecule has 0 unspecified atom stereocenters. The lowest BCUT2D eigenvalue weighted by Crippen LogP contribution is -2.48. The second-order valence-electron chi connectivity index (χ2n) is 7.08. The number of carbonyl (C=O) groups excluding carboxylic acids is 1. The predicted octanol–water partition coefficient (Wildman–Crippen LogP) is 2.38. The Bertz CT molecular complexity index is 763. The number of aromatic amines is 1. The molecule has 1 aliphatic carbocycles. The molecule has 2 aliphatic rings. The lowest BCUT2D eigenvalue weighted by Gasteiger charge is -2.33. The van der Waals surface area contributed by atoms with Crippen molar-refractivity contribution in [2.24, 2.45) is 0 Å². The highest BCUT2D eigenvalue weighted by Gasteiger charge is 2.33. The number of amides is 1. The van der Waals surface area contributed by atoms with Crippen LogP contribution in [0.5, 0.6) is 0 Å². The van der Waals surface area contributed by atoms with E-state index in [1.54, 1.807) is 0 Å². The van der Waals surface area contributed by atoms with Crippen LogP contribution in [-0.2, 0) is 4.74 Å². The van der Waals surface area contributed by atoms with Crippen LogP contribution < -0.4 is 5.32 Å². The van der Waals surface area contributed by atoms with Crippen molar-refractivity contribution in [3.05, 3.63) is 35.0 Å². The Hall–Kier alpha value is -1.85. The molecule has 1 aliphatic heterocycles. The van der Waals surface area contributed by atoms with Crippen LogP contribution in [0, 0.1) is 13.8 Å². The highest BCUT2D eigenvalue weighted by molar-refractivity contribution is 5.99. The summed E-state index contributed by atoms with van der Waals surface area (Å²) in [4.78, 5) is 18.2. The molecule has 1 aromatic heterocycles. The molecule has 0 radical (unpaired) electrons. The number of nitrogens with zero attached hydrogens (tertiary/aromatic N) is 1. The second-order valence-corrected chi connectivity index (χ2v) is 7.08. The van der Waals surface area contributed by atoms with Gasteiger partial charge in [0.25, 0.3) is 5.91 Å². The summed E-state index contributed by atoms with van der Waals surface area (Å²) in [6.45, 7) is 7.46. The maximum atomic E-state index is 12.5. The van der Waals surface area contributed by atoms with Crippen molar-refractivity contribution in [1.29, 1.82) is 0 Å². The van der Waals surface area contributed by atoms with Gasteiger partial charge in [0.2, 0.25) is 0 Å². The van der Waals surface area contributed by atoms with Crippen LogP contribution >= 0.6 is 0 Å². The Morgan fingerprint density at radius 2 is 2.21 bits per heavy atom. The van der Waals surface area contributed by atoms with Crippen molar-refractivity contribution in [2.45, 2.75) is 38.8 Å². The van der Waals surface area contributed by atoms with E-state index in [0.717, 1.165) is 36.6 Å². The number of benzene rings is 1. The summed E-state index contributed by atoms with van der Waals surface area (Å²) >= 11 is 0. The molecule has 128 valence electrons. The number of aryl methyl sites for hydroxylation is 2. The van der Waals surface area contributed by atoms with Crippen molar-refractivity contribution < 1.29 is 9.53 Å². The van der Waals surface area contributed by atoms with Gasteiger partial charge in [0.05, 0.1) is 12.7 Å². The van der Waals surface area contributed by atoms with Gasteiger partial charge < -0.3 is 15.0 Å². The molecule has 24 heavy (non-hydrogen) atoms. The van der Waals surface area contributed by atoms with Gasteiger partial charge in [-0.25, -0.2) is 0 Å². The summed E-state index contributed by atoms with van der Waals surface area (Å²) in [7, 11) is 0. The molecule has 2 aromatic rings. The fourth-order valence-electron chi connectivity index (χ4n) is 3.52. The fourth-order valence-corrected chi connectivity index (χ4v) is 3.52. The van der Waals surface area contributed by atoms with Gasteiger partial charge in [-0.1, -0.05) is 6.07 Å². The number of rotatable bonds is 4. The third-order valence-electron chi connectivity index (χ3n) is 5.31. The van der Waals surface area contributed by atoms with E-state index in [2.05, 4.69) is 35.1 Å². The molecule has 1 amide bonds. The maximum Gasteiger partial charge on any atom is 0.267 e. The summed E-state index contributed by atoms with van der Waals surface area (Å²) in [5.41, 5.74) is 4.09. The number of hydrogen-bond acceptors (Lipinski definition) is 3. The summed E-state index contributed by atoms with van der Waals surface area (Å²) < 4.78 is 5.80. The van der Waals surface area contributed by atoms with E-state index >= 15 is 0 Å². The molecule has 2 N–H and O–H groups in total. The SMILES string of the molecule is Cc1ccc2[nH]c(C(=O)NC[C@H]3CN(C4CC4)CCO3)cc2c1C. The highest BCUT2D eigenvalue weighted by atomic mass is 16.5. The zero-order valence-electron chi connectivity index (χ0n) is 14.4. The van der Waals surface area contributed by atoms with Crippen LogP contribution in [0.25, 0.3) is 10.9 Å². The number of H-pyrrole nitrogens is 1. The van der Waals surface area contributed by atoms with Gasteiger partial charge in [-0.15, -0.1) is 0 Å². The first-order valence-electron chi connectivity index (χ1n) is 8.84. The molecule has 5 heteroatoms. The van der Waals surface area contributed by atoms with Crippen molar-refractivity contribution in [3.8, 4) is 0 Å². The smallest absolute Gasteiger partial charge is 0.267 e. The number of carbonyl (C=O) groups is 1. The molecule has 2 fully saturated rings. The molecule has 1 aromatic carbocycles. The van der Waals surface area contributed by atoms with E-state index in [-0.39, 0.29) is 12.0 Å². The van der Waals surface area contributed by atoms with E-state index in [1.165, 1.54) is 24.0 Å². The van der Waals surface area contributed by atoms with Crippen molar-refractivity contribution >= 4 is 16.8 Å². The molecule has 4 rings (SSSR count). The quantitative estimate of drug-likeness (QED) is 0.906. The van der Waals surface area contributed by atoms with Crippen LogP contribution in [0.3, 0.4) is 0 Å². The van der Waals surface area contributed by atoms with Crippen LogP contribution in [0.2, 0.25) is 0 Å². The zero-order chi connectivity index (χ0) is 16.7. The molecule has 1 saturated carbocycles. The Kier molecular flexibility index (Phi) is 4.06. The van der Waals surface area contributed by atoms with Gasteiger partial charge >= 0.3 is 0 Å². The van der Waals surface area contributed by atoms with E-state index in [1.807, 2.05) is 12.1 Å². The number of nitrogens with one attached hydrogen (secondary N) is 2. The monoisotopic (exact) mass is 327 g/mol. The van der Waals surface area contributed by atoms with Crippen LogP contribution in [0.4, 0.5) is 0 Å². The summed E-state index contributed by atoms with van der Waals surface area (Å²) in [6.07, 6.45) is 2.72. The van der Waals surface area contributed by atoms with Crippen LogP contribution in [0.15, 0.2) is 18.2 Å². The fraction of sp³-hybridized carbons (Fsp3) is 0.526. The van der Waals surface area contributed by atoms with E-state index < -0.39 is 0 Å². The molecular weight excluding hydrogens is 302 g/mol. The average molecular weight is 327 g/mol. The summed E-state index contributed by atoms with van der Waals surface area (Å²) in [6, 6.07) is 6.82. The Morgan fingerprint density at radius 3 is 3.00 bits per heavy atom. The van der Waals surface area contributed by atoms with Gasteiger partial charge in [-0.05, 0) is 49.9 Å². The summed E-state index contributed by atoms with van der Waals surface area (Å²) in [5, 5.41) is 4.14. The predicted molar refractivity (Wildman–Crippen MR) is 94.4 cm³/mol. The van der Waals surface area contributed by atoms with Crippen LogP contribution in [0.1, 0.15) is 34.5 Å². The van der Waals surface area contributed by atoms with Crippen molar-refractivity contribution in [1.82, 2.24) is 15.2 Å². The van der Waals surface area contributed by atoms with Gasteiger partial charge in [-0.2, -0.15) is 0 Å². The maximum absolute atomic E-state index is 12.5. The normalized spacial score (nSPS) is 22.0. The largest absolute Gasteiger partial charge is 0.374 e. The van der Waals surface area contributed by atoms with Crippen LogP contribution in [-0.4, -0.2) is 54.2 Å². The minimum absolute atomic E-state index is 0.0598. The highest BCUT2D eigenvalue weighted by Crippen LogP contribution is 2.28.